The summed E-state index contributed by atoms with van der Waals surface area (Å²) in [4.78, 5) is 4.95. The Labute approximate surface area is 114 Å². The summed E-state index contributed by atoms with van der Waals surface area (Å²) in [7, 11) is 0. The standard InChI is InChI=1S/C14H21N3S/c1-10-8-11(14(15)18)9-13(16-10)17-12-6-4-2-3-5-7-12/h8-9,12H,2-7H2,1H3,(H2,15,18)(H,16,17). The van der Waals surface area contributed by atoms with Gasteiger partial charge in [-0.25, -0.2) is 4.98 Å². The molecule has 98 valence electrons. The lowest BCUT2D eigenvalue weighted by atomic mass is 10.1. The average Bonchev–Trinajstić information content (AvgIpc) is 2.57. The van der Waals surface area contributed by atoms with Gasteiger partial charge >= 0.3 is 0 Å². The SMILES string of the molecule is Cc1cc(C(N)=S)cc(NC2CCCCCC2)n1. The van der Waals surface area contributed by atoms with Crippen molar-refractivity contribution in [3.05, 3.63) is 23.4 Å². The van der Waals surface area contributed by atoms with E-state index in [4.69, 9.17) is 18.0 Å². The first-order chi connectivity index (χ1) is 8.65. The van der Waals surface area contributed by atoms with Crippen LogP contribution < -0.4 is 11.1 Å². The first kappa shape index (κ1) is 13.3. The number of hydrogen-bond donors (Lipinski definition) is 2. The average molecular weight is 263 g/mol. The summed E-state index contributed by atoms with van der Waals surface area (Å²) in [5, 5.41) is 3.53. The fourth-order valence-corrected chi connectivity index (χ4v) is 2.64. The number of nitrogens with zero attached hydrogens (tertiary/aromatic N) is 1. The van der Waals surface area contributed by atoms with Crippen molar-refractivity contribution in [3.63, 3.8) is 0 Å². The molecule has 0 amide bonds. The molecule has 2 rings (SSSR count). The molecule has 3 N–H and O–H groups in total. The zero-order valence-electron chi connectivity index (χ0n) is 10.9. The van der Waals surface area contributed by atoms with Gasteiger partial charge in [0.25, 0.3) is 0 Å². The first-order valence-corrected chi connectivity index (χ1v) is 7.11. The molecule has 1 fully saturated rings. The van der Waals surface area contributed by atoms with Crippen LogP contribution in [0.3, 0.4) is 0 Å². The smallest absolute Gasteiger partial charge is 0.127 e. The number of thiocarbonyl (C=S) groups is 1. The van der Waals surface area contributed by atoms with Crippen LogP contribution in [0.5, 0.6) is 0 Å². The Morgan fingerprint density at radius 2 is 1.94 bits per heavy atom. The molecule has 0 saturated heterocycles. The van der Waals surface area contributed by atoms with Gasteiger partial charge in [-0.05, 0) is 31.9 Å². The number of anilines is 1. The van der Waals surface area contributed by atoms with E-state index in [0.29, 0.717) is 11.0 Å². The lowest BCUT2D eigenvalue weighted by Crippen LogP contribution is -2.20. The normalized spacial score (nSPS) is 17.2. The summed E-state index contributed by atoms with van der Waals surface area (Å²) in [5.41, 5.74) is 7.54. The van der Waals surface area contributed by atoms with Crippen molar-refractivity contribution in [2.45, 2.75) is 51.5 Å². The van der Waals surface area contributed by atoms with Crippen LogP contribution in [0.15, 0.2) is 12.1 Å². The van der Waals surface area contributed by atoms with Crippen LogP contribution in [0.1, 0.15) is 49.8 Å². The summed E-state index contributed by atoms with van der Waals surface area (Å²) in [6.07, 6.45) is 7.81. The van der Waals surface area contributed by atoms with Gasteiger partial charge in [-0.2, -0.15) is 0 Å². The van der Waals surface area contributed by atoms with E-state index in [1.807, 2.05) is 19.1 Å². The maximum Gasteiger partial charge on any atom is 0.127 e. The molecule has 3 nitrogen and oxygen atoms in total. The number of aryl methyl sites for hydroxylation is 1. The maximum absolute atomic E-state index is 5.69. The predicted molar refractivity (Wildman–Crippen MR) is 80.0 cm³/mol. The molecule has 1 aliphatic rings. The van der Waals surface area contributed by atoms with E-state index in [1.54, 1.807) is 0 Å². The van der Waals surface area contributed by atoms with Gasteiger partial charge in [0, 0.05) is 17.3 Å². The van der Waals surface area contributed by atoms with Crippen LogP contribution >= 0.6 is 12.2 Å². The van der Waals surface area contributed by atoms with E-state index in [0.717, 1.165) is 17.1 Å². The molecule has 1 heterocycles. The van der Waals surface area contributed by atoms with Gasteiger partial charge in [-0.15, -0.1) is 0 Å². The highest BCUT2D eigenvalue weighted by Gasteiger charge is 2.13. The molecule has 4 heteroatoms. The second kappa shape index (κ2) is 6.14. The zero-order chi connectivity index (χ0) is 13.0. The molecule has 0 atom stereocenters. The Balaban J connectivity index is 2.10. The van der Waals surface area contributed by atoms with Gasteiger partial charge in [0.2, 0.25) is 0 Å². The second-order valence-electron chi connectivity index (χ2n) is 5.08. The Kier molecular flexibility index (Phi) is 4.53. The molecule has 1 aliphatic carbocycles. The monoisotopic (exact) mass is 263 g/mol. The van der Waals surface area contributed by atoms with Crippen molar-refractivity contribution >= 4 is 23.0 Å². The van der Waals surface area contributed by atoms with Crippen molar-refractivity contribution in [1.82, 2.24) is 4.98 Å². The van der Waals surface area contributed by atoms with Crippen molar-refractivity contribution in [3.8, 4) is 0 Å². The minimum atomic E-state index is 0.435. The minimum Gasteiger partial charge on any atom is -0.389 e. The number of nitrogens with two attached hydrogens (primary N) is 1. The quantitative estimate of drug-likeness (QED) is 0.649. The minimum absolute atomic E-state index is 0.435. The van der Waals surface area contributed by atoms with E-state index in [-0.39, 0.29) is 0 Å². The zero-order valence-corrected chi connectivity index (χ0v) is 11.7. The molecule has 0 bridgehead atoms. The lowest BCUT2D eigenvalue weighted by molar-refractivity contribution is 0.617. The highest BCUT2D eigenvalue weighted by Crippen LogP contribution is 2.21. The number of nitrogens with one attached hydrogen (secondary N) is 1. The van der Waals surface area contributed by atoms with Gasteiger partial charge < -0.3 is 11.1 Å². The molecule has 18 heavy (non-hydrogen) atoms. The molecule has 0 unspecified atom stereocenters. The molecular weight excluding hydrogens is 242 g/mol. The number of pyridine rings is 1. The molecular formula is C14H21N3S. The summed E-state index contributed by atoms with van der Waals surface area (Å²) >= 11 is 5.03. The van der Waals surface area contributed by atoms with Crippen molar-refractivity contribution in [1.29, 1.82) is 0 Å². The molecule has 1 aromatic heterocycles. The molecule has 0 spiro atoms. The first-order valence-electron chi connectivity index (χ1n) is 6.70. The molecule has 0 radical (unpaired) electrons. The summed E-state index contributed by atoms with van der Waals surface area (Å²) in [5.74, 6) is 0.907. The van der Waals surface area contributed by atoms with Gasteiger partial charge in [-0.3, -0.25) is 0 Å². The highest BCUT2D eigenvalue weighted by atomic mass is 32.1. The van der Waals surface area contributed by atoms with Crippen LogP contribution in [0.25, 0.3) is 0 Å². The summed E-state index contributed by atoms with van der Waals surface area (Å²) in [6, 6.07) is 4.43. The lowest BCUT2D eigenvalue weighted by Gasteiger charge is -2.17. The van der Waals surface area contributed by atoms with Crippen LogP contribution in [-0.4, -0.2) is 16.0 Å². The van der Waals surface area contributed by atoms with Gasteiger partial charge in [0.1, 0.15) is 10.8 Å². The number of hydrogen-bond acceptors (Lipinski definition) is 3. The molecule has 0 aromatic carbocycles. The fourth-order valence-electron chi connectivity index (χ4n) is 2.52. The van der Waals surface area contributed by atoms with Crippen molar-refractivity contribution in [2.75, 3.05) is 5.32 Å². The molecule has 0 aliphatic heterocycles. The largest absolute Gasteiger partial charge is 0.389 e. The van der Waals surface area contributed by atoms with Gasteiger partial charge in [0.05, 0.1) is 0 Å². The van der Waals surface area contributed by atoms with E-state index in [2.05, 4.69) is 10.3 Å². The number of rotatable bonds is 3. The fraction of sp³-hybridized carbons (Fsp3) is 0.571. The van der Waals surface area contributed by atoms with Crippen LogP contribution in [0.2, 0.25) is 0 Å². The van der Waals surface area contributed by atoms with Crippen molar-refractivity contribution < 1.29 is 0 Å². The van der Waals surface area contributed by atoms with Crippen LogP contribution in [0, 0.1) is 6.92 Å². The Bertz CT molecular complexity index is 423. The van der Waals surface area contributed by atoms with E-state index in [9.17, 15) is 0 Å². The maximum atomic E-state index is 5.69. The van der Waals surface area contributed by atoms with Gasteiger partial charge in [-0.1, -0.05) is 37.9 Å². The van der Waals surface area contributed by atoms with Crippen LogP contribution in [0.4, 0.5) is 5.82 Å². The summed E-state index contributed by atoms with van der Waals surface area (Å²) < 4.78 is 0. The van der Waals surface area contributed by atoms with E-state index in [1.165, 1.54) is 38.5 Å². The highest BCUT2D eigenvalue weighted by molar-refractivity contribution is 7.80. The number of aromatic nitrogens is 1. The predicted octanol–water partition coefficient (Wildman–Crippen LogP) is 3.16. The molecule has 1 saturated carbocycles. The van der Waals surface area contributed by atoms with E-state index < -0.39 is 0 Å². The van der Waals surface area contributed by atoms with Crippen LogP contribution in [-0.2, 0) is 0 Å². The Morgan fingerprint density at radius 3 is 2.56 bits per heavy atom. The topological polar surface area (TPSA) is 50.9 Å². The van der Waals surface area contributed by atoms with E-state index >= 15 is 0 Å². The second-order valence-corrected chi connectivity index (χ2v) is 5.52. The Morgan fingerprint density at radius 1 is 1.28 bits per heavy atom. The van der Waals surface area contributed by atoms with Gasteiger partial charge in [0.15, 0.2) is 0 Å². The van der Waals surface area contributed by atoms with Crippen molar-refractivity contribution in [2.24, 2.45) is 5.73 Å². The third-order valence-electron chi connectivity index (χ3n) is 3.45. The third-order valence-corrected chi connectivity index (χ3v) is 3.68. The third kappa shape index (κ3) is 3.67. The molecule has 1 aromatic rings. The summed E-state index contributed by atoms with van der Waals surface area (Å²) in [6.45, 7) is 1.97. The Hall–Kier alpha value is -1.16.